The summed E-state index contributed by atoms with van der Waals surface area (Å²) in [5.41, 5.74) is 1.11. The molecule has 0 aliphatic heterocycles. The molecule has 0 saturated heterocycles. The van der Waals surface area contributed by atoms with Gasteiger partial charge in [0.15, 0.2) is 12.0 Å². The lowest BCUT2D eigenvalue weighted by atomic mass is 10.2. The van der Waals surface area contributed by atoms with Crippen molar-refractivity contribution in [3.63, 3.8) is 0 Å². The number of aromatic nitrogens is 1. The van der Waals surface area contributed by atoms with Crippen LogP contribution in [0.4, 0.5) is 0 Å². The van der Waals surface area contributed by atoms with Gasteiger partial charge in [-0.25, -0.2) is 0 Å². The fourth-order valence-corrected chi connectivity index (χ4v) is 2.37. The summed E-state index contributed by atoms with van der Waals surface area (Å²) in [6.07, 6.45) is 2.88. The van der Waals surface area contributed by atoms with Crippen molar-refractivity contribution in [3.8, 4) is 5.75 Å². The predicted octanol–water partition coefficient (Wildman–Crippen LogP) is 3.88. The van der Waals surface area contributed by atoms with E-state index in [0.29, 0.717) is 18.6 Å². The summed E-state index contributed by atoms with van der Waals surface area (Å²) >= 11 is 0. The summed E-state index contributed by atoms with van der Waals surface area (Å²) in [4.78, 5) is 10.6. The molecule has 0 saturated carbocycles. The molecule has 4 nitrogen and oxygen atoms in total. The molecule has 0 fully saturated rings. The van der Waals surface area contributed by atoms with Crippen LogP contribution in [0.3, 0.4) is 0 Å². The number of benzene rings is 1. The maximum atomic E-state index is 10.6. The number of carbonyl (C=O) groups excluding carboxylic acids is 1. The minimum Gasteiger partial charge on any atom is -0.491 e. The topological polar surface area (TPSA) is 44.4 Å². The zero-order chi connectivity index (χ0) is 14.8. The molecule has 0 aliphatic carbocycles. The molecule has 0 unspecified atom stereocenters. The first kappa shape index (κ1) is 13.5. The van der Waals surface area contributed by atoms with Gasteiger partial charge in [0.25, 0.3) is 0 Å². The van der Waals surface area contributed by atoms with Crippen molar-refractivity contribution in [3.05, 3.63) is 54.1 Å². The van der Waals surface area contributed by atoms with Gasteiger partial charge in [-0.1, -0.05) is 0 Å². The Balaban J connectivity index is 1.87. The van der Waals surface area contributed by atoms with Gasteiger partial charge in [-0.05, 0) is 50.2 Å². The molecule has 3 rings (SSSR count). The lowest BCUT2D eigenvalue weighted by Crippen LogP contribution is -2.05. The van der Waals surface area contributed by atoms with Crippen molar-refractivity contribution in [1.82, 2.24) is 4.57 Å². The molecule has 0 radical (unpaired) electrons. The van der Waals surface area contributed by atoms with Crippen LogP contribution in [0.25, 0.3) is 10.9 Å². The van der Waals surface area contributed by atoms with Crippen molar-refractivity contribution in [2.24, 2.45) is 0 Å². The van der Waals surface area contributed by atoms with Gasteiger partial charge in [-0.3, -0.25) is 4.79 Å². The number of aldehydes is 1. The van der Waals surface area contributed by atoms with Gasteiger partial charge in [-0.2, -0.15) is 0 Å². The number of ether oxygens (including phenoxy) is 1. The molecule has 0 aliphatic rings. The number of rotatable bonds is 5. The van der Waals surface area contributed by atoms with Crippen molar-refractivity contribution in [2.75, 3.05) is 0 Å². The second kappa shape index (κ2) is 5.48. The summed E-state index contributed by atoms with van der Waals surface area (Å²) in [5, 5.41) is 1.12. The largest absolute Gasteiger partial charge is 0.491 e. The summed E-state index contributed by atoms with van der Waals surface area (Å²) in [6, 6.07) is 11.6. The van der Waals surface area contributed by atoms with E-state index in [1.807, 2.05) is 50.4 Å². The van der Waals surface area contributed by atoms with Crippen LogP contribution in [0, 0.1) is 0 Å². The molecule has 0 atom stereocenters. The standard InChI is InChI=1S/C17H17NO3/c1-12(2)20-14-5-6-17-13(9-14)7-8-18(17)10-15-3-4-16(11-19)21-15/h3-9,11-12H,10H2,1-2H3. The highest BCUT2D eigenvalue weighted by Crippen LogP contribution is 2.23. The Morgan fingerprint density at radius 1 is 1.24 bits per heavy atom. The van der Waals surface area contributed by atoms with Crippen LogP contribution in [-0.4, -0.2) is 17.0 Å². The first-order chi connectivity index (χ1) is 10.2. The fraction of sp³-hybridized carbons (Fsp3) is 0.235. The Labute approximate surface area is 122 Å². The Morgan fingerprint density at radius 3 is 2.81 bits per heavy atom. The number of furan rings is 1. The van der Waals surface area contributed by atoms with Gasteiger partial charge in [-0.15, -0.1) is 0 Å². The zero-order valence-electron chi connectivity index (χ0n) is 12.1. The van der Waals surface area contributed by atoms with Crippen LogP contribution in [0.1, 0.15) is 30.2 Å². The monoisotopic (exact) mass is 283 g/mol. The molecule has 0 N–H and O–H groups in total. The minimum atomic E-state index is 0.161. The maximum Gasteiger partial charge on any atom is 0.185 e. The molecular formula is C17H17NO3. The molecule has 0 bridgehead atoms. The number of nitrogens with zero attached hydrogens (tertiary/aromatic N) is 1. The van der Waals surface area contributed by atoms with E-state index < -0.39 is 0 Å². The van der Waals surface area contributed by atoms with Crippen molar-refractivity contribution in [1.29, 1.82) is 0 Å². The molecule has 108 valence electrons. The lowest BCUT2D eigenvalue weighted by molar-refractivity contribution is 0.109. The van der Waals surface area contributed by atoms with Crippen LogP contribution >= 0.6 is 0 Å². The first-order valence-corrected chi connectivity index (χ1v) is 6.95. The molecule has 2 heterocycles. The highest BCUT2D eigenvalue weighted by atomic mass is 16.5. The highest BCUT2D eigenvalue weighted by molar-refractivity contribution is 5.81. The maximum absolute atomic E-state index is 10.6. The summed E-state index contributed by atoms with van der Waals surface area (Å²) in [7, 11) is 0. The van der Waals surface area contributed by atoms with E-state index in [1.54, 1.807) is 6.07 Å². The van der Waals surface area contributed by atoms with Crippen LogP contribution in [0.5, 0.6) is 5.75 Å². The van der Waals surface area contributed by atoms with Gasteiger partial charge in [0, 0.05) is 17.1 Å². The van der Waals surface area contributed by atoms with Crippen molar-refractivity contribution >= 4 is 17.2 Å². The van der Waals surface area contributed by atoms with Crippen molar-refractivity contribution < 1.29 is 13.9 Å². The van der Waals surface area contributed by atoms with Gasteiger partial charge < -0.3 is 13.7 Å². The quantitative estimate of drug-likeness (QED) is 0.667. The Morgan fingerprint density at radius 2 is 2.10 bits per heavy atom. The Kier molecular flexibility index (Phi) is 3.52. The van der Waals surface area contributed by atoms with Gasteiger partial charge in [0.1, 0.15) is 11.5 Å². The molecule has 4 heteroatoms. The average molecular weight is 283 g/mol. The molecule has 0 amide bonds. The van der Waals surface area contributed by atoms with E-state index in [2.05, 4.69) is 4.57 Å². The average Bonchev–Trinajstić information content (AvgIpc) is 3.06. The third-order valence-electron chi connectivity index (χ3n) is 3.24. The SMILES string of the molecule is CC(C)Oc1ccc2c(ccn2Cc2ccc(C=O)o2)c1. The number of fused-ring (bicyclic) bond motifs is 1. The van der Waals surface area contributed by atoms with Crippen LogP contribution in [-0.2, 0) is 6.54 Å². The minimum absolute atomic E-state index is 0.161. The van der Waals surface area contributed by atoms with Gasteiger partial charge in [0.2, 0.25) is 0 Å². The van der Waals surface area contributed by atoms with Crippen LogP contribution < -0.4 is 4.74 Å². The van der Waals surface area contributed by atoms with Crippen LogP contribution in [0.2, 0.25) is 0 Å². The van der Waals surface area contributed by atoms with E-state index in [4.69, 9.17) is 9.15 Å². The summed E-state index contributed by atoms with van der Waals surface area (Å²) in [6.45, 7) is 4.62. The second-order valence-corrected chi connectivity index (χ2v) is 5.25. The number of hydrogen-bond donors (Lipinski definition) is 0. The fourth-order valence-electron chi connectivity index (χ4n) is 2.37. The lowest BCUT2D eigenvalue weighted by Gasteiger charge is -2.10. The Bertz CT molecular complexity index is 767. The Hall–Kier alpha value is -2.49. The second-order valence-electron chi connectivity index (χ2n) is 5.25. The van der Waals surface area contributed by atoms with Gasteiger partial charge >= 0.3 is 0 Å². The molecule has 2 aromatic heterocycles. The molecule has 3 aromatic rings. The zero-order valence-corrected chi connectivity index (χ0v) is 12.1. The molecule has 0 spiro atoms. The highest BCUT2D eigenvalue weighted by Gasteiger charge is 2.07. The third-order valence-corrected chi connectivity index (χ3v) is 3.24. The summed E-state index contributed by atoms with van der Waals surface area (Å²) in [5.74, 6) is 1.99. The van der Waals surface area contributed by atoms with Gasteiger partial charge in [0.05, 0.1) is 12.6 Å². The van der Waals surface area contributed by atoms with Crippen molar-refractivity contribution in [2.45, 2.75) is 26.5 Å². The van der Waals surface area contributed by atoms with E-state index in [9.17, 15) is 4.79 Å². The molecule has 1 aromatic carbocycles. The first-order valence-electron chi connectivity index (χ1n) is 6.95. The van der Waals surface area contributed by atoms with E-state index in [1.165, 1.54) is 0 Å². The molecule has 21 heavy (non-hydrogen) atoms. The number of carbonyl (C=O) groups is 1. The predicted molar refractivity (Wildman–Crippen MR) is 80.9 cm³/mol. The normalized spacial score (nSPS) is 11.2. The van der Waals surface area contributed by atoms with Crippen LogP contribution in [0.15, 0.2) is 47.0 Å². The molecular weight excluding hydrogens is 266 g/mol. The third kappa shape index (κ3) is 2.84. The van der Waals surface area contributed by atoms with E-state index in [-0.39, 0.29) is 6.10 Å². The smallest absolute Gasteiger partial charge is 0.185 e. The van der Waals surface area contributed by atoms with E-state index >= 15 is 0 Å². The summed E-state index contributed by atoms with van der Waals surface area (Å²) < 4.78 is 13.2. The van der Waals surface area contributed by atoms with E-state index in [0.717, 1.165) is 22.4 Å². The number of hydrogen-bond acceptors (Lipinski definition) is 3.